The number of ether oxygens (including phenoxy) is 1. The Morgan fingerprint density at radius 1 is 1.09 bits per heavy atom. The van der Waals surface area contributed by atoms with Crippen LogP contribution in [0, 0.1) is 18.6 Å². The van der Waals surface area contributed by atoms with Gasteiger partial charge in [0.15, 0.2) is 0 Å². The normalized spacial score (nSPS) is 20.5. The van der Waals surface area contributed by atoms with Crippen molar-refractivity contribution in [1.82, 2.24) is 24.7 Å². The van der Waals surface area contributed by atoms with Crippen LogP contribution in [0.3, 0.4) is 0 Å². The van der Waals surface area contributed by atoms with Crippen LogP contribution >= 0.6 is 0 Å². The zero-order chi connectivity index (χ0) is 24.1. The van der Waals surface area contributed by atoms with E-state index >= 15 is 0 Å². The van der Waals surface area contributed by atoms with E-state index in [1.54, 1.807) is 0 Å². The zero-order valence-corrected chi connectivity index (χ0v) is 19.8. The lowest BCUT2D eigenvalue weighted by Crippen LogP contribution is -2.19. The number of halogens is 2. The first kappa shape index (κ1) is 22.2. The minimum absolute atomic E-state index is 0.0694. The molecule has 4 aromatic rings. The standard InChI is InChI=1S/C27H27F2N5O/c1-3-22-15(2)31-24-12-23(33-26(27(24)32-22)20-7-4-18(28)11-21(20)29)16-8-9-35-25(10-16)17-13-30-34(14-17)19-5-6-19/h4,7,11-14,16,19,25H,3,5-6,8-10H2,1-2H3/t16-,25-/m0/s1. The van der Waals surface area contributed by atoms with Crippen LogP contribution in [0.4, 0.5) is 8.78 Å². The second-order valence-electron chi connectivity index (χ2n) is 9.56. The molecule has 2 aliphatic rings. The predicted molar refractivity (Wildman–Crippen MR) is 128 cm³/mol. The summed E-state index contributed by atoms with van der Waals surface area (Å²) in [6.45, 7) is 4.55. The van der Waals surface area contributed by atoms with E-state index in [9.17, 15) is 8.78 Å². The minimum atomic E-state index is -0.659. The average molecular weight is 476 g/mol. The highest BCUT2D eigenvalue weighted by molar-refractivity contribution is 5.89. The second kappa shape index (κ2) is 8.75. The van der Waals surface area contributed by atoms with Crippen LogP contribution in [-0.2, 0) is 11.2 Å². The highest BCUT2D eigenvalue weighted by atomic mass is 19.1. The summed E-state index contributed by atoms with van der Waals surface area (Å²) in [5, 5.41) is 4.52. The maximum Gasteiger partial charge on any atom is 0.135 e. The van der Waals surface area contributed by atoms with Gasteiger partial charge in [-0.2, -0.15) is 5.10 Å². The first-order valence-corrected chi connectivity index (χ1v) is 12.3. The summed E-state index contributed by atoms with van der Waals surface area (Å²) < 4.78 is 36.7. The van der Waals surface area contributed by atoms with Gasteiger partial charge >= 0.3 is 0 Å². The monoisotopic (exact) mass is 475 g/mol. The van der Waals surface area contributed by atoms with E-state index in [1.165, 1.54) is 25.0 Å². The fourth-order valence-corrected chi connectivity index (χ4v) is 4.97. The molecule has 0 radical (unpaired) electrons. The highest BCUT2D eigenvalue weighted by Gasteiger charge is 2.30. The molecule has 1 aliphatic carbocycles. The Morgan fingerprint density at radius 2 is 1.94 bits per heavy atom. The molecular weight excluding hydrogens is 448 g/mol. The van der Waals surface area contributed by atoms with Crippen molar-refractivity contribution in [2.45, 2.75) is 64.0 Å². The molecule has 1 saturated carbocycles. The molecule has 1 aliphatic heterocycles. The summed E-state index contributed by atoms with van der Waals surface area (Å²) >= 11 is 0. The summed E-state index contributed by atoms with van der Waals surface area (Å²) in [5.74, 6) is -1.17. The Balaban J connectivity index is 1.42. The Bertz CT molecular complexity index is 1410. The van der Waals surface area contributed by atoms with Crippen LogP contribution in [0.25, 0.3) is 22.3 Å². The number of aryl methyl sites for hydroxylation is 2. The molecule has 3 aromatic heterocycles. The number of fused-ring (bicyclic) bond motifs is 1. The van der Waals surface area contributed by atoms with Crippen molar-refractivity contribution in [3.8, 4) is 11.3 Å². The molecule has 1 aromatic carbocycles. The molecule has 0 N–H and O–H groups in total. The lowest BCUT2D eigenvalue weighted by atomic mass is 9.89. The predicted octanol–water partition coefficient (Wildman–Crippen LogP) is 6.01. The molecule has 35 heavy (non-hydrogen) atoms. The van der Waals surface area contributed by atoms with Gasteiger partial charge in [-0.25, -0.2) is 23.7 Å². The van der Waals surface area contributed by atoms with Crippen LogP contribution in [0.1, 0.15) is 73.3 Å². The van der Waals surface area contributed by atoms with E-state index in [4.69, 9.17) is 19.7 Å². The third-order valence-corrected chi connectivity index (χ3v) is 7.08. The van der Waals surface area contributed by atoms with Crippen molar-refractivity contribution in [1.29, 1.82) is 0 Å². The molecule has 0 unspecified atom stereocenters. The summed E-state index contributed by atoms with van der Waals surface area (Å²) in [6.07, 6.45) is 8.55. The Hall–Kier alpha value is -3.26. The third-order valence-electron chi connectivity index (χ3n) is 7.08. The molecule has 1 saturated heterocycles. The number of benzene rings is 1. The van der Waals surface area contributed by atoms with Crippen LogP contribution in [-0.4, -0.2) is 31.3 Å². The molecule has 180 valence electrons. The second-order valence-corrected chi connectivity index (χ2v) is 9.56. The molecule has 2 fully saturated rings. The summed E-state index contributed by atoms with van der Waals surface area (Å²) in [5.41, 5.74) is 5.45. The van der Waals surface area contributed by atoms with Crippen molar-refractivity contribution < 1.29 is 13.5 Å². The van der Waals surface area contributed by atoms with Crippen molar-refractivity contribution in [2.75, 3.05) is 6.61 Å². The van der Waals surface area contributed by atoms with Gasteiger partial charge < -0.3 is 4.74 Å². The Kier molecular flexibility index (Phi) is 5.56. The highest BCUT2D eigenvalue weighted by Crippen LogP contribution is 2.40. The Labute approximate surface area is 202 Å². The van der Waals surface area contributed by atoms with Gasteiger partial charge in [-0.3, -0.25) is 4.68 Å². The third kappa shape index (κ3) is 4.20. The van der Waals surface area contributed by atoms with Gasteiger partial charge in [0.25, 0.3) is 0 Å². The van der Waals surface area contributed by atoms with Gasteiger partial charge in [-0.05, 0) is 57.2 Å². The molecule has 0 spiro atoms. The summed E-state index contributed by atoms with van der Waals surface area (Å²) in [4.78, 5) is 14.5. The van der Waals surface area contributed by atoms with Gasteiger partial charge in [-0.1, -0.05) is 6.92 Å². The fraction of sp³-hybridized carbons (Fsp3) is 0.407. The number of aromatic nitrogens is 5. The van der Waals surface area contributed by atoms with Gasteiger partial charge in [-0.15, -0.1) is 0 Å². The van der Waals surface area contributed by atoms with Gasteiger partial charge in [0.05, 0.1) is 35.2 Å². The van der Waals surface area contributed by atoms with E-state index in [1.807, 2.05) is 30.8 Å². The van der Waals surface area contributed by atoms with Crippen molar-refractivity contribution >= 4 is 11.0 Å². The number of pyridine rings is 1. The topological polar surface area (TPSA) is 65.7 Å². The van der Waals surface area contributed by atoms with Gasteiger partial charge in [0.1, 0.15) is 22.8 Å². The van der Waals surface area contributed by atoms with Crippen LogP contribution in [0.5, 0.6) is 0 Å². The summed E-state index contributed by atoms with van der Waals surface area (Å²) in [6, 6.07) is 6.07. The lowest BCUT2D eigenvalue weighted by molar-refractivity contribution is 0.00462. The molecule has 0 amide bonds. The molecule has 2 atom stereocenters. The maximum atomic E-state index is 14.9. The first-order chi connectivity index (χ1) is 17.0. The SMILES string of the molecule is CCc1nc2c(-c3ccc(F)cc3F)nc([C@H]3CCO[C@H](c4cnn(C5CC5)c4)C3)cc2nc1C. The van der Waals surface area contributed by atoms with E-state index in [0.717, 1.165) is 41.6 Å². The average Bonchev–Trinajstić information content (AvgIpc) is 3.59. The Morgan fingerprint density at radius 3 is 2.71 bits per heavy atom. The minimum Gasteiger partial charge on any atom is -0.373 e. The van der Waals surface area contributed by atoms with Crippen LogP contribution < -0.4 is 0 Å². The molecule has 6 rings (SSSR count). The van der Waals surface area contributed by atoms with E-state index in [2.05, 4.69) is 11.3 Å². The number of hydrogen-bond donors (Lipinski definition) is 0. The van der Waals surface area contributed by atoms with Gasteiger partial charge in [0.2, 0.25) is 0 Å². The van der Waals surface area contributed by atoms with E-state index in [-0.39, 0.29) is 17.6 Å². The quantitative estimate of drug-likeness (QED) is 0.354. The number of hydrogen-bond acceptors (Lipinski definition) is 5. The maximum absolute atomic E-state index is 14.9. The van der Waals surface area contributed by atoms with E-state index in [0.29, 0.717) is 35.8 Å². The first-order valence-electron chi connectivity index (χ1n) is 12.3. The molecular formula is C27H27F2N5O. The molecule has 0 bridgehead atoms. The molecule has 4 heterocycles. The number of rotatable bonds is 5. The van der Waals surface area contributed by atoms with Crippen molar-refractivity contribution in [3.63, 3.8) is 0 Å². The smallest absolute Gasteiger partial charge is 0.135 e. The van der Waals surface area contributed by atoms with E-state index < -0.39 is 11.6 Å². The molecule has 6 nitrogen and oxygen atoms in total. The van der Waals surface area contributed by atoms with Gasteiger partial charge in [0, 0.05) is 41.6 Å². The summed E-state index contributed by atoms with van der Waals surface area (Å²) in [7, 11) is 0. The van der Waals surface area contributed by atoms with Crippen LogP contribution in [0.2, 0.25) is 0 Å². The van der Waals surface area contributed by atoms with Crippen molar-refractivity contribution in [2.24, 2.45) is 0 Å². The lowest BCUT2D eigenvalue weighted by Gasteiger charge is -2.29. The zero-order valence-electron chi connectivity index (χ0n) is 19.8. The fourth-order valence-electron chi connectivity index (χ4n) is 4.97. The number of nitrogens with zero attached hydrogens (tertiary/aromatic N) is 5. The molecule has 8 heteroatoms. The van der Waals surface area contributed by atoms with Crippen molar-refractivity contribution in [3.05, 3.63) is 70.9 Å². The largest absolute Gasteiger partial charge is 0.373 e. The van der Waals surface area contributed by atoms with Crippen LogP contribution in [0.15, 0.2) is 36.7 Å².